The van der Waals surface area contributed by atoms with Crippen LogP contribution in [0.3, 0.4) is 0 Å². The summed E-state index contributed by atoms with van der Waals surface area (Å²) in [7, 11) is 0. The van der Waals surface area contributed by atoms with E-state index in [1.54, 1.807) is 0 Å². The molecule has 4 aromatic carbocycles. The number of allylic oxidation sites excluding steroid dienone is 2. The van der Waals surface area contributed by atoms with Crippen LogP contribution in [0.5, 0.6) is 11.5 Å². The van der Waals surface area contributed by atoms with E-state index in [1.165, 1.54) is 0 Å². The van der Waals surface area contributed by atoms with Crippen LogP contribution in [0.25, 0.3) is 0 Å². The van der Waals surface area contributed by atoms with Gasteiger partial charge in [-0.05, 0) is 42.8 Å². The van der Waals surface area contributed by atoms with E-state index in [9.17, 15) is 0 Å². The maximum absolute atomic E-state index is 6.34. The van der Waals surface area contributed by atoms with Crippen molar-refractivity contribution in [1.82, 2.24) is 4.90 Å². The van der Waals surface area contributed by atoms with E-state index in [1.807, 2.05) is 78.1 Å². The minimum absolute atomic E-state index is 0.261. The molecule has 0 saturated carbocycles. The third kappa shape index (κ3) is 5.30. The molecule has 1 atom stereocenters. The van der Waals surface area contributed by atoms with Crippen molar-refractivity contribution in [3.8, 4) is 11.5 Å². The van der Waals surface area contributed by atoms with E-state index >= 15 is 0 Å². The number of amidine groups is 1. The lowest BCUT2D eigenvalue weighted by Crippen LogP contribution is -2.39. The predicted octanol–water partition coefficient (Wildman–Crippen LogP) is 7.03. The third-order valence-corrected chi connectivity index (χ3v) is 7.34. The molecule has 1 aliphatic carbocycles. The second-order valence-electron chi connectivity index (χ2n) is 10.1. The topological polar surface area (TPSA) is 46.9 Å². The van der Waals surface area contributed by atoms with Gasteiger partial charge in [-0.3, -0.25) is 0 Å². The number of hydrazone groups is 2. The van der Waals surface area contributed by atoms with E-state index in [-0.39, 0.29) is 6.04 Å². The van der Waals surface area contributed by atoms with Gasteiger partial charge in [0.25, 0.3) is 0 Å². The van der Waals surface area contributed by atoms with Gasteiger partial charge < -0.3 is 14.5 Å². The summed E-state index contributed by atoms with van der Waals surface area (Å²) in [5, 5.41) is 13.7. The zero-order valence-electron chi connectivity index (χ0n) is 22.6. The minimum Gasteiger partial charge on any atom is -0.457 e. The number of hydrogen-bond donors (Lipinski definition) is 0. The van der Waals surface area contributed by atoms with Gasteiger partial charge in [0.05, 0.1) is 17.4 Å². The van der Waals surface area contributed by atoms with Crippen LogP contribution in [0.15, 0.2) is 144 Å². The molecule has 2 aliphatic heterocycles. The molecule has 0 amide bonds. The van der Waals surface area contributed by atoms with Gasteiger partial charge in [0.2, 0.25) is 0 Å². The molecule has 7 rings (SSSR count). The first kappa shape index (κ1) is 24.7. The lowest BCUT2D eigenvalue weighted by molar-refractivity contribution is 0.381. The Labute approximate surface area is 240 Å². The smallest absolute Gasteiger partial charge is 0.158 e. The second kappa shape index (κ2) is 11.1. The lowest BCUT2D eigenvalue weighted by atomic mass is 10.1. The van der Waals surface area contributed by atoms with Gasteiger partial charge in [0.1, 0.15) is 31.2 Å². The molecular formula is C34H30N6O. The van der Waals surface area contributed by atoms with Crippen LogP contribution in [0.2, 0.25) is 0 Å². The van der Waals surface area contributed by atoms with Crippen molar-refractivity contribution in [3.63, 3.8) is 0 Å². The first-order valence-corrected chi connectivity index (χ1v) is 13.8. The van der Waals surface area contributed by atoms with Gasteiger partial charge >= 0.3 is 0 Å². The van der Waals surface area contributed by atoms with Crippen LogP contribution in [0.4, 0.5) is 17.1 Å². The summed E-state index contributed by atoms with van der Waals surface area (Å²) < 4.78 is 6.34. The van der Waals surface area contributed by atoms with Crippen LogP contribution in [0.1, 0.15) is 12.0 Å². The number of ether oxygens (including phenoxy) is 1. The highest BCUT2D eigenvalue weighted by atomic mass is 16.5. The molecule has 0 spiro atoms. The second-order valence-corrected chi connectivity index (χ2v) is 10.1. The van der Waals surface area contributed by atoms with Crippen molar-refractivity contribution in [2.75, 3.05) is 28.3 Å². The van der Waals surface area contributed by atoms with Gasteiger partial charge in [-0.15, -0.1) is 0 Å². The maximum Gasteiger partial charge on any atom is 0.158 e. The Bertz CT molecular complexity index is 1630. The number of hydrogen-bond acceptors (Lipinski definition) is 7. The molecule has 2 heterocycles. The summed E-state index contributed by atoms with van der Waals surface area (Å²) in [5.74, 6) is 2.49. The van der Waals surface area contributed by atoms with Crippen LogP contribution in [-0.4, -0.2) is 36.5 Å². The van der Waals surface area contributed by atoms with Gasteiger partial charge in [-0.2, -0.15) is 10.2 Å². The fraction of sp³-hybridized carbons (Fsp3) is 0.118. The molecule has 0 fully saturated rings. The standard InChI is InChI=1S/C34H30N6O/c1-4-12-27(13-5-1)34-36-40(26-38(34)29-16-8-3-9-17-29)31-19-11-21-33(23-31)41-32-20-10-18-30(22-32)39-25-37(24-35-39)28-14-6-2-7-15-28/h1-16,18-24,29H,17,25-26H2/t29-/m1/s1. The van der Waals surface area contributed by atoms with Crippen molar-refractivity contribution in [1.29, 1.82) is 0 Å². The Morgan fingerprint density at radius 3 is 2.05 bits per heavy atom. The molecule has 0 unspecified atom stereocenters. The predicted molar refractivity (Wildman–Crippen MR) is 167 cm³/mol. The number of nitrogens with zero attached hydrogens (tertiary/aromatic N) is 6. The molecule has 7 heteroatoms. The summed E-state index contributed by atoms with van der Waals surface area (Å²) in [6, 6.07) is 37.0. The Morgan fingerprint density at radius 1 is 0.659 bits per heavy atom. The molecule has 7 nitrogen and oxygen atoms in total. The zero-order valence-corrected chi connectivity index (χ0v) is 22.6. The fourth-order valence-electron chi connectivity index (χ4n) is 5.23. The first-order chi connectivity index (χ1) is 20.3. The van der Waals surface area contributed by atoms with Crippen molar-refractivity contribution in [2.45, 2.75) is 12.5 Å². The van der Waals surface area contributed by atoms with Crippen LogP contribution in [0, 0.1) is 0 Å². The maximum atomic E-state index is 6.34. The summed E-state index contributed by atoms with van der Waals surface area (Å²) in [6.07, 6.45) is 11.5. The SMILES string of the molecule is C1=CC[C@H](N2CN(c3cccc(Oc4cccc(N5CN(c6ccccc6)C=N5)c4)c3)N=C2c2ccccc2)C=C1. The molecule has 0 saturated heterocycles. The summed E-state index contributed by atoms with van der Waals surface area (Å²) >= 11 is 0. The van der Waals surface area contributed by atoms with Crippen molar-refractivity contribution >= 4 is 29.2 Å². The number of benzene rings is 4. The number of rotatable bonds is 7. The van der Waals surface area contributed by atoms with Gasteiger partial charge in [0, 0.05) is 23.4 Å². The van der Waals surface area contributed by atoms with Gasteiger partial charge in [-0.1, -0.05) is 85.0 Å². The third-order valence-electron chi connectivity index (χ3n) is 7.34. The summed E-state index contributed by atoms with van der Waals surface area (Å²) in [5.41, 5.74) is 4.16. The summed E-state index contributed by atoms with van der Waals surface area (Å²) in [4.78, 5) is 4.47. The molecule has 4 aromatic rings. The largest absolute Gasteiger partial charge is 0.457 e. The number of para-hydroxylation sites is 1. The Hall–Kier alpha value is -5.30. The fourth-order valence-corrected chi connectivity index (χ4v) is 5.23. The van der Waals surface area contributed by atoms with E-state index in [4.69, 9.17) is 9.84 Å². The molecule has 202 valence electrons. The van der Waals surface area contributed by atoms with Gasteiger partial charge in [-0.25, -0.2) is 10.0 Å². The molecule has 0 aromatic heterocycles. The highest BCUT2D eigenvalue weighted by molar-refractivity contribution is 6.01. The minimum atomic E-state index is 0.261. The number of anilines is 3. The van der Waals surface area contributed by atoms with E-state index in [0.717, 1.165) is 46.4 Å². The van der Waals surface area contributed by atoms with Crippen LogP contribution >= 0.6 is 0 Å². The van der Waals surface area contributed by atoms with Crippen LogP contribution in [-0.2, 0) is 0 Å². The van der Waals surface area contributed by atoms with Crippen LogP contribution < -0.4 is 19.7 Å². The zero-order chi connectivity index (χ0) is 27.4. The van der Waals surface area contributed by atoms with Crippen molar-refractivity contribution in [3.05, 3.63) is 139 Å². The molecule has 0 N–H and O–H groups in total. The first-order valence-electron chi connectivity index (χ1n) is 13.8. The summed E-state index contributed by atoms with van der Waals surface area (Å²) in [6.45, 7) is 1.30. The highest BCUT2D eigenvalue weighted by Gasteiger charge is 2.30. The Balaban J connectivity index is 1.09. The monoisotopic (exact) mass is 538 g/mol. The highest BCUT2D eigenvalue weighted by Crippen LogP contribution is 2.32. The average molecular weight is 539 g/mol. The molecule has 0 radical (unpaired) electrons. The van der Waals surface area contributed by atoms with E-state index in [2.05, 4.69) is 86.7 Å². The molecular weight excluding hydrogens is 508 g/mol. The normalized spacial score (nSPS) is 17.9. The van der Waals surface area contributed by atoms with E-state index < -0.39 is 0 Å². The average Bonchev–Trinajstić information content (AvgIpc) is 3.72. The lowest BCUT2D eigenvalue weighted by Gasteiger charge is -2.29. The van der Waals surface area contributed by atoms with Crippen molar-refractivity contribution in [2.24, 2.45) is 10.2 Å². The van der Waals surface area contributed by atoms with Crippen molar-refractivity contribution < 1.29 is 4.74 Å². The molecule has 41 heavy (non-hydrogen) atoms. The molecule has 0 bridgehead atoms. The van der Waals surface area contributed by atoms with E-state index in [0.29, 0.717) is 13.3 Å². The van der Waals surface area contributed by atoms with Gasteiger partial charge in [0.15, 0.2) is 5.84 Å². The quantitative estimate of drug-likeness (QED) is 0.253. The Kier molecular flexibility index (Phi) is 6.67. The Morgan fingerprint density at radius 2 is 1.34 bits per heavy atom. The molecule has 3 aliphatic rings.